The number of hydrogen-bond donors (Lipinski definition) is 0. The predicted octanol–water partition coefficient (Wildman–Crippen LogP) is 2.30. The van der Waals surface area contributed by atoms with Crippen LogP contribution in [0.2, 0.25) is 0 Å². The van der Waals surface area contributed by atoms with E-state index < -0.39 is 0 Å². The molecule has 1 heterocycles. The number of ether oxygens (including phenoxy) is 2. The largest absolute Gasteiger partial charge is 0.468 e. The van der Waals surface area contributed by atoms with Gasteiger partial charge < -0.3 is 9.47 Å². The first-order chi connectivity index (χ1) is 8.81. The monoisotopic (exact) mass is 243 g/mol. The minimum atomic E-state index is -0.0543. The van der Waals surface area contributed by atoms with Crippen molar-refractivity contribution in [2.75, 3.05) is 13.9 Å². The van der Waals surface area contributed by atoms with Gasteiger partial charge in [-0.2, -0.15) is 0 Å². The van der Waals surface area contributed by atoms with E-state index in [1.54, 1.807) is 55.9 Å². The van der Waals surface area contributed by atoms with Crippen LogP contribution in [0.1, 0.15) is 15.9 Å². The van der Waals surface area contributed by atoms with Gasteiger partial charge in [0.15, 0.2) is 12.6 Å². The Labute approximate surface area is 105 Å². The van der Waals surface area contributed by atoms with Crippen LogP contribution in [0.4, 0.5) is 0 Å². The molecule has 2 rings (SSSR count). The van der Waals surface area contributed by atoms with Crippen LogP contribution in [-0.2, 0) is 4.74 Å². The zero-order valence-electron chi connectivity index (χ0n) is 10.00. The Balaban J connectivity index is 2.12. The SMILES string of the molecule is COCOc1ccc(C(=O)c2cccnc2)cc1. The first-order valence-corrected chi connectivity index (χ1v) is 5.48. The fraction of sp³-hybridized carbons (Fsp3) is 0.143. The van der Waals surface area contributed by atoms with Gasteiger partial charge in [-0.15, -0.1) is 0 Å². The van der Waals surface area contributed by atoms with Crippen LogP contribution in [0.15, 0.2) is 48.8 Å². The first-order valence-electron chi connectivity index (χ1n) is 5.48. The van der Waals surface area contributed by atoms with E-state index in [0.29, 0.717) is 16.9 Å². The number of benzene rings is 1. The molecule has 0 fully saturated rings. The molecule has 1 aromatic heterocycles. The molecular weight excluding hydrogens is 230 g/mol. The van der Waals surface area contributed by atoms with Crippen molar-refractivity contribution in [3.8, 4) is 5.75 Å². The van der Waals surface area contributed by atoms with Gasteiger partial charge in [0.25, 0.3) is 0 Å². The predicted molar refractivity (Wildman–Crippen MR) is 66.6 cm³/mol. The molecule has 0 aliphatic carbocycles. The van der Waals surface area contributed by atoms with E-state index in [-0.39, 0.29) is 12.6 Å². The lowest BCUT2D eigenvalue weighted by atomic mass is 10.1. The van der Waals surface area contributed by atoms with E-state index in [9.17, 15) is 4.79 Å². The smallest absolute Gasteiger partial charge is 0.194 e. The molecule has 4 nitrogen and oxygen atoms in total. The van der Waals surface area contributed by atoms with Crippen LogP contribution in [0.5, 0.6) is 5.75 Å². The summed E-state index contributed by atoms with van der Waals surface area (Å²) in [5.74, 6) is 0.612. The molecule has 0 bridgehead atoms. The van der Waals surface area contributed by atoms with Crippen molar-refractivity contribution in [1.29, 1.82) is 0 Å². The van der Waals surface area contributed by atoms with Crippen molar-refractivity contribution in [2.24, 2.45) is 0 Å². The maximum Gasteiger partial charge on any atom is 0.194 e. The molecule has 0 spiro atoms. The lowest BCUT2D eigenvalue weighted by Crippen LogP contribution is -2.02. The highest BCUT2D eigenvalue weighted by Crippen LogP contribution is 2.15. The summed E-state index contributed by atoms with van der Waals surface area (Å²) in [5.41, 5.74) is 1.18. The highest BCUT2D eigenvalue weighted by Gasteiger charge is 2.08. The molecule has 4 heteroatoms. The number of pyridine rings is 1. The molecule has 0 N–H and O–H groups in total. The van der Waals surface area contributed by atoms with Gasteiger partial charge in [-0.05, 0) is 36.4 Å². The lowest BCUT2D eigenvalue weighted by molar-refractivity contribution is 0.0511. The van der Waals surface area contributed by atoms with E-state index in [0.717, 1.165) is 0 Å². The highest BCUT2D eigenvalue weighted by molar-refractivity contribution is 6.08. The minimum absolute atomic E-state index is 0.0543. The maximum atomic E-state index is 12.1. The van der Waals surface area contributed by atoms with E-state index in [4.69, 9.17) is 9.47 Å². The van der Waals surface area contributed by atoms with Crippen LogP contribution >= 0.6 is 0 Å². The Hall–Kier alpha value is -2.20. The van der Waals surface area contributed by atoms with Gasteiger partial charge >= 0.3 is 0 Å². The number of aromatic nitrogens is 1. The average Bonchev–Trinajstić information content (AvgIpc) is 2.46. The molecule has 18 heavy (non-hydrogen) atoms. The normalized spacial score (nSPS) is 10.1. The summed E-state index contributed by atoms with van der Waals surface area (Å²) in [6, 6.07) is 10.4. The summed E-state index contributed by atoms with van der Waals surface area (Å²) in [6.45, 7) is 0.190. The molecule has 2 aromatic rings. The Morgan fingerprint density at radius 2 is 1.94 bits per heavy atom. The Morgan fingerprint density at radius 1 is 1.17 bits per heavy atom. The van der Waals surface area contributed by atoms with Crippen molar-refractivity contribution < 1.29 is 14.3 Å². The van der Waals surface area contributed by atoms with Gasteiger partial charge in [-0.25, -0.2) is 0 Å². The molecule has 0 unspecified atom stereocenters. The second kappa shape index (κ2) is 5.93. The van der Waals surface area contributed by atoms with Crippen molar-refractivity contribution in [1.82, 2.24) is 4.98 Å². The number of nitrogens with zero attached hydrogens (tertiary/aromatic N) is 1. The molecule has 0 saturated carbocycles. The standard InChI is InChI=1S/C14H13NO3/c1-17-10-18-13-6-4-11(5-7-13)14(16)12-3-2-8-15-9-12/h2-9H,10H2,1H3. The van der Waals surface area contributed by atoms with Crippen molar-refractivity contribution in [3.05, 3.63) is 59.9 Å². The van der Waals surface area contributed by atoms with Crippen LogP contribution in [0.25, 0.3) is 0 Å². The van der Waals surface area contributed by atoms with Gasteiger partial charge in [0.2, 0.25) is 0 Å². The van der Waals surface area contributed by atoms with Crippen LogP contribution in [0, 0.1) is 0 Å². The fourth-order valence-corrected chi connectivity index (χ4v) is 1.49. The number of rotatable bonds is 5. The summed E-state index contributed by atoms with van der Waals surface area (Å²) in [5, 5.41) is 0. The molecule has 92 valence electrons. The average molecular weight is 243 g/mol. The van der Waals surface area contributed by atoms with Crippen molar-refractivity contribution in [2.45, 2.75) is 0 Å². The van der Waals surface area contributed by atoms with Gasteiger partial charge in [0.1, 0.15) is 5.75 Å². The minimum Gasteiger partial charge on any atom is -0.468 e. The summed E-state index contributed by atoms with van der Waals surface area (Å²) in [4.78, 5) is 16.0. The Morgan fingerprint density at radius 3 is 2.56 bits per heavy atom. The molecule has 0 aliphatic heterocycles. The molecule has 0 radical (unpaired) electrons. The Kier molecular flexibility index (Phi) is 4.04. The summed E-state index contributed by atoms with van der Waals surface area (Å²) < 4.78 is 10.0. The number of methoxy groups -OCH3 is 1. The third kappa shape index (κ3) is 2.93. The molecule has 0 aliphatic rings. The third-order valence-electron chi connectivity index (χ3n) is 2.38. The van der Waals surface area contributed by atoms with Crippen molar-refractivity contribution >= 4 is 5.78 Å². The van der Waals surface area contributed by atoms with E-state index in [1.807, 2.05) is 0 Å². The van der Waals surface area contributed by atoms with Gasteiger partial charge in [0, 0.05) is 30.6 Å². The number of hydrogen-bond acceptors (Lipinski definition) is 4. The van der Waals surface area contributed by atoms with Crippen LogP contribution < -0.4 is 4.74 Å². The second-order valence-electron chi connectivity index (χ2n) is 3.65. The zero-order chi connectivity index (χ0) is 12.8. The second-order valence-corrected chi connectivity index (χ2v) is 3.65. The zero-order valence-corrected chi connectivity index (χ0v) is 10.00. The van der Waals surface area contributed by atoms with E-state index >= 15 is 0 Å². The number of carbonyl (C=O) groups is 1. The quantitative estimate of drug-likeness (QED) is 0.597. The Bertz CT molecular complexity index is 508. The topological polar surface area (TPSA) is 48.4 Å². The fourth-order valence-electron chi connectivity index (χ4n) is 1.49. The highest BCUT2D eigenvalue weighted by atomic mass is 16.7. The van der Waals surface area contributed by atoms with E-state index in [2.05, 4.69) is 4.98 Å². The lowest BCUT2D eigenvalue weighted by Gasteiger charge is -2.05. The van der Waals surface area contributed by atoms with Crippen LogP contribution in [0.3, 0.4) is 0 Å². The van der Waals surface area contributed by atoms with Gasteiger partial charge in [-0.1, -0.05) is 0 Å². The molecule has 0 atom stereocenters. The van der Waals surface area contributed by atoms with Crippen LogP contribution in [-0.4, -0.2) is 24.7 Å². The first kappa shape index (κ1) is 12.3. The molecule has 0 amide bonds. The number of ketones is 1. The molecule has 0 saturated heterocycles. The third-order valence-corrected chi connectivity index (χ3v) is 2.38. The van der Waals surface area contributed by atoms with Gasteiger partial charge in [0.05, 0.1) is 0 Å². The number of carbonyl (C=O) groups excluding carboxylic acids is 1. The van der Waals surface area contributed by atoms with Gasteiger partial charge in [-0.3, -0.25) is 9.78 Å². The molecular formula is C14H13NO3. The maximum absolute atomic E-state index is 12.1. The van der Waals surface area contributed by atoms with E-state index in [1.165, 1.54) is 0 Å². The molecule has 1 aromatic carbocycles. The summed E-state index contributed by atoms with van der Waals surface area (Å²) in [7, 11) is 1.56. The summed E-state index contributed by atoms with van der Waals surface area (Å²) in [6.07, 6.45) is 3.19. The van der Waals surface area contributed by atoms with Crippen molar-refractivity contribution in [3.63, 3.8) is 0 Å². The summed E-state index contributed by atoms with van der Waals surface area (Å²) >= 11 is 0.